The van der Waals surface area contributed by atoms with E-state index in [4.69, 9.17) is 23.0 Å². The van der Waals surface area contributed by atoms with Gasteiger partial charge in [0.25, 0.3) is 5.89 Å². The number of carbonyl (C=O) groups excluding carboxylic acids is 1. The third-order valence-corrected chi connectivity index (χ3v) is 8.93. The molecule has 0 aliphatic carbocycles. The fourth-order valence-electron chi connectivity index (χ4n) is 6.56. The number of hydrogen-bond acceptors (Lipinski definition) is 10. The zero-order chi connectivity index (χ0) is 33.4. The van der Waals surface area contributed by atoms with Gasteiger partial charge < -0.3 is 28.2 Å². The van der Waals surface area contributed by atoms with E-state index < -0.39 is 18.0 Å². The Morgan fingerprint density at radius 1 is 1.00 bits per heavy atom. The maximum atomic E-state index is 13.2. The number of hydrogen-bond donors (Lipinski definition) is 1. The molecule has 5 aromatic rings. The van der Waals surface area contributed by atoms with E-state index in [1.165, 1.54) is 35.4 Å². The second-order valence-electron chi connectivity index (χ2n) is 13.1. The van der Waals surface area contributed by atoms with Crippen LogP contribution >= 0.6 is 0 Å². The standard InChI is InChI=1S/C37H37N3O8/c1-22-38-39-34(45-22)33-18-29-31(5-4-6-32(29)47-33)44-21-28(46-36(43)25-9-7-24(8-10-25)35(41)42)20-40-15-13-23(14-16-40)26-11-12-30-27(17-26)19-37(2,3)48-30/h4-12,17-18,23,28H,13-16,19-21H2,1-3H3,(H,41,42)/t28-/m0/s1. The van der Waals surface area contributed by atoms with Crippen molar-refractivity contribution in [3.8, 4) is 23.1 Å². The smallest absolute Gasteiger partial charge is 0.338 e. The van der Waals surface area contributed by atoms with Crippen molar-refractivity contribution in [1.29, 1.82) is 0 Å². The number of nitrogens with zero attached hydrogens (tertiary/aromatic N) is 3. The predicted octanol–water partition coefficient (Wildman–Crippen LogP) is 6.69. The zero-order valence-electron chi connectivity index (χ0n) is 27.1. The second kappa shape index (κ2) is 12.8. The molecule has 48 heavy (non-hydrogen) atoms. The maximum Gasteiger partial charge on any atom is 0.338 e. The van der Waals surface area contributed by atoms with Crippen LogP contribution in [-0.2, 0) is 11.2 Å². The van der Waals surface area contributed by atoms with Crippen LogP contribution < -0.4 is 9.47 Å². The van der Waals surface area contributed by atoms with Gasteiger partial charge in [-0.15, -0.1) is 10.2 Å². The van der Waals surface area contributed by atoms with Crippen LogP contribution in [0.15, 0.2) is 75.6 Å². The largest absolute Gasteiger partial charge is 0.489 e. The molecule has 248 valence electrons. The molecule has 0 radical (unpaired) electrons. The van der Waals surface area contributed by atoms with Gasteiger partial charge in [-0.2, -0.15) is 0 Å². The lowest BCUT2D eigenvalue weighted by Crippen LogP contribution is -2.42. The topological polar surface area (TPSA) is 137 Å². The Bertz CT molecular complexity index is 1950. The van der Waals surface area contributed by atoms with Crippen LogP contribution in [0.4, 0.5) is 0 Å². The molecule has 1 atom stereocenters. The summed E-state index contributed by atoms with van der Waals surface area (Å²) in [6.07, 6.45) is 2.26. The van der Waals surface area contributed by atoms with Crippen molar-refractivity contribution >= 4 is 22.9 Å². The molecule has 11 nitrogen and oxygen atoms in total. The fraction of sp³-hybridized carbons (Fsp3) is 0.351. The molecule has 0 saturated carbocycles. The summed E-state index contributed by atoms with van der Waals surface area (Å²) in [4.78, 5) is 26.9. The quantitative estimate of drug-likeness (QED) is 0.162. The molecule has 2 aromatic heterocycles. The normalized spacial score (nSPS) is 16.7. The molecule has 1 saturated heterocycles. The van der Waals surface area contributed by atoms with Crippen LogP contribution in [0.5, 0.6) is 11.5 Å². The summed E-state index contributed by atoms with van der Waals surface area (Å²) >= 11 is 0. The first-order valence-corrected chi connectivity index (χ1v) is 16.1. The van der Waals surface area contributed by atoms with Gasteiger partial charge in [0.15, 0.2) is 5.76 Å². The fourth-order valence-corrected chi connectivity index (χ4v) is 6.56. The van der Waals surface area contributed by atoms with Gasteiger partial charge in [0, 0.05) is 26.0 Å². The van der Waals surface area contributed by atoms with Crippen LogP contribution in [0.3, 0.4) is 0 Å². The second-order valence-corrected chi connectivity index (χ2v) is 13.1. The molecular formula is C37H37N3O8. The number of esters is 1. The Morgan fingerprint density at radius 2 is 1.77 bits per heavy atom. The Balaban J connectivity index is 1.05. The van der Waals surface area contributed by atoms with Gasteiger partial charge in [0.1, 0.15) is 35.4 Å². The molecule has 2 aliphatic rings. The summed E-state index contributed by atoms with van der Waals surface area (Å²) in [5, 5.41) is 17.9. The number of benzene rings is 3. The van der Waals surface area contributed by atoms with Crippen molar-refractivity contribution in [3.05, 3.63) is 94.9 Å². The van der Waals surface area contributed by atoms with Crippen LogP contribution in [-0.4, -0.2) is 70.1 Å². The number of likely N-dealkylation sites (tertiary alicyclic amines) is 1. The summed E-state index contributed by atoms with van der Waals surface area (Å²) < 4.78 is 29.9. The van der Waals surface area contributed by atoms with Gasteiger partial charge >= 0.3 is 11.9 Å². The molecule has 0 amide bonds. The van der Waals surface area contributed by atoms with Crippen LogP contribution in [0, 0.1) is 6.92 Å². The van der Waals surface area contributed by atoms with Crippen molar-refractivity contribution in [2.24, 2.45) is 0 Å². The van der Waals surface area contributed by atoms with E-state index in [0.29, 0.717) is 35.4 Å². The van der Waals surface area contributed by atoms with E-state index >= 15 is 0 Å². The number of piperidine rings is 1. The lowest BCUT2D eigenvalue weighted by atomic mass is 9.87. The molecular weight excluding hydrogens is 614 g/mol. The average molecular weight is 652 g/mol. The molecule has 1 fully saturated rings. The number of furan rings is 1. The molecule has 3 aromatic carbocycles. The van der Waals surface area contributed by atoms with Crippen LogP contribution in [0.2, 0.25) is 0 Å². The monoisotopic (exact) mass is 651 g/mol. The van der Waals surface area contributed by atoms with Gasteiger partial charge in [-0.3, -0.25) is 4.90 Å². The first-order chi connectivity index (χ1) is 23.1. The highest BCUT2D eigenvalue weighted by atomic mass is 16.6. The minimum Gasteiger partial charge on any atom is -0.489 e. The Kier molecular flexibility index (Phi) is 8.38. The molecule has 4 heterocycles. The Morgan fingerprint density at radius 3 is 2.50 bits per heavy atom. The van der Waals surface area contributed by atoms with Crippen LogP contribution in [0.1, 0.15) is 70.3 Å². The van der Waals surface area contributed by atoms with Crippen molar-refractivity contribution in [2.75, 3.05) is 26.2 Å². The summed E-state index contributed by atoms with van der Waals surface area (Å²) in [6, 6.07) is 19.6. The lowest BCUT2D eigenvalue weighted by molar-refractivity contribution is 0.00343. The van der Waals surface area contributed by atoms with Crippen LogP contribution in [0.25, 0.3) is 22.6 Å². The number of ether oxygens (including phenoxy) is 3. The summed E-state index contributed by atoms with van der Waals surface area (Å²) in [5.41, 5.74) is 3.40. The molecule has 0 bridgehead atoms. The van der Waals surface area contributed by atoms with E-state index in [1.54, 1.807) is 13.0 Å². The number of aromatic carboxylic acids is 1. The first kappa shape index (κ1) is 31.4. The molecule has 0 spiro atoms. The van der Waals surface area contributed by atoms with Gasteiger partial charge in [0.2, 0.25) is 5.89 Å². The third-order valence-electron chi connectivity index (χ3n) is 8.93. The number of carbonyl (C=O) groups is 2. The zero-order valence-corrected chi connectivity index (χ0v) is 27.1. The summed E-state index contributed by atoms with van der Waals surface area (Å²) in [7, 11) is 0. The van der Waals surface area contributed by atoms with Gasteiger partial charge in [0.05, 0.1) is 16.5 Å². The van der Waals surface area contributed by atoms with Gasteiger partial charge in [-0.25, -0.2) is 9.59 Å². The van der Waals surface area contributed by atoms with Crippen molar-refractivity contribution in [3.63, 3.8) is 0 Å². The molecule has 7 rings (SSSR count). The molecule has 1 N–H and O–H groups in total. The Labute approximate surface area is 277 Å². The van der Waals surface area contributed by atoms with Crippen molar-refractivity contribution in [1.82, 2.24) is 15.1 Å². The number of aromatic nitrogens is 2. The summed E-state index contributed by atoms with van der Waals surface area (Å²) in [5.74, 6) is 1.51. The highest BCUT2D eigenvalue weighted by Crippen LogP contribution is 2.38. The summed E-state index contributed by atoms with van der Waals surface area (Å²) in [6.45, 7) is 8.20. The molecule has 2 aliphatic heterocycles. The van der Waals surface area contributed by atoms with E-state index in [9.17, 15) is 14.7 Å². The third kappa shape index (κ3) is 6.77. The average Bonchev–Trinajstić information content (AvgIpc) is 3.79. The van der Waals surface area contributed by atoms with Crippen molar-refractivity contribution in [2.45, 2.75) is 57.7 Å². The maximum absolute atomic E-state index is 13.2. The van der Waals surface area contributed by atoms with Gasteiger partial charge in [-0.05, 0) is 99.3 Å². The highest BCUT2D eigenvalue weighted by Gasteiger charge is 2.32. The Hall–Kier alpha value is -5.16. The van der Waals surface area contributed by atoms with E-state index in [1.807, 2.05) is 18.2 Å². The number of rotatable bonds is 10. The highest BCUT2D eigenvalue weighted by molar-refractivity contribution is 5.92. The SMILES string of the molecule is Cc1nnc(-c2cc3c(OC[C@H](CN4CCC(c5ccc6c(c5)CC(C)(C)O6)CC4)OC(=O)c4ccc(C(=O)O)cc4)cccc3o2)o1. The first-order valence-electron chi connectivity index (χ1n) is 16.1. The molecule has 0 unspecified atom stereocenters. The van der Waals surface area contributed by atoms with Crippen molar-refractivity contribution < 1.29 is 37.7 Å². The number of aryl methyl sites for hydroxylation is 1. The molecule has 11 heteroatoms. The lowest BCUT2D eigenvalue weighted by Gasteiger charge is -2.34. The number of carboxylic acids is 1. The van der Waals surface area contributed by atoms with Gasteiger partial charge in [-0.1, -0.05) is 18.2 Å². The predicted molar refractivity (Wildman–Crippen MR) is 176 cm³/mol. The number of carboxylic acid groups (broad SMARTS) is 1. The number of fused-ring (bicyclic) bond motifs is 2. The van der Waals surface area contributed by atoms with E-state index in [2.05, 4.69) is 47.1 Å². The van der Waals surface area contributed by atoms with E-state index in [-0.39, 0.29) is 29.2 Å². The minimum atomic E-state index is -1.06. The van der Waals surface area contributed by atoms with E-state index in [0.717, 1.165) is 43.5 Å². The minimum absolute atomic E-state index is 0.0946.